The number of morpholine rings is 1. The lowest BCUT2D eigenvalue weighted by Gasteiger charge is -2.38. The van der Waals surface area contributed by atoms with Gasteiger partial charge < -0.3 is 9.84 Å². The van der Waals surface area contributed by atoms with Crippen molar-refractivity contribution in [2.24, 2.45) is 0 Å². The van der Waals surface area contributed by atoms with Gasteiger partial charge in [0.05, 0.1) is 19.1 Å². The Bertz CT molecular complexity index is 503. The van der Waals surface area contributed by atoms with Gasteiger partial charge in [-0.25, -0.2) is 0 Å². The Labute approximate surface area is 125 Å². The van der Waals surface area contributed by atoms with Gasteiger partial charge in [-0.15, -0.1) is 0 Å². The predicted molar refractivity (Wildman–Crippen MR) is 80.3 cm³/mol. The molecular weight excluding hydrogens is 266 g/mol. The number of aliphatic carboxylic acids is 1. The van der Waals surface area contributed by atoms with Crippen LogP contribution in [-0.2, 0) is 16.0 Å². The maximum absolute atomic E-state index is 10.9. The third kappa shape index (κ3) is 3.44. The van der Waals surface area contributed by atoms with Crippen molar-refractivity contribution in [1.82, 2.24) is 4.90 Å². The van der Waals surface area contributed by atoms with Crippen LogP contribution in [0.1, 0.15) is 42.9 Å². The van der Waals surface area contributed by atoms with Crippen molar-refractivity contribution in [2.75, 3.05) is 19.7 Å². The summed E-state index contributed by atoms with van der Waals surface area (Å²) in [5.74, 6) is -0.775. The Morgan fingerprint density at radius 2 is 2.19 bits per heavy atom. The lowest BCUT2D eigenvalue weighted by atomic mass is 9.97. The molecule has 1 aliphatic carbocycles. The number of ether oxygens (including phenoxy) is 1. The molecular formula is C17H23NO3. The second-order valence-corrected chi connectivity index (χ2v) is 6.05. The van der Waals surface area contributed by atoms with E-state index in [1.807, 2.05) is 0 Å². The van der Waals surface area contributed by atoms with Crippen molar-refractivity contribution in [3.05, 3.63) is 35.4 Å². The zero-order valence-electron chi connectivity index (χ0n) is 12.3. The van der Waals surface area contributed by atoms with E-state index >= 15 is 0 Å². The standard InChI is InChI=1S/C17H23NO3/c19-17(20)11-14-12-18(9-10-21-14)16-8-4-2-6-13-5-1-3-7-15(13)16/h1,3,5,7,14,16H,2,4,6,8-12H2,(H,19,20). The van der Waals surface area contributed by atoms with Crippen molar-refractivity contribution >= 4 is 5.97 Å². The highest BCUT2D eigenvalue weighted by atomic mass is 16.5. The van der Waals surface area contributed by atoms with Crippen molar-refractivity contribution in [1.29, 1.82) is 0 Å². The average Bonchev–Trinajstić information content (AvgIpc) is 2.69. The van der Waals surface area contributed by atoms with E-state index in [-0.39, 0.29) is 12.5 Å². The molecule has 2 unspecified atom stereocenters. The molecule has 2 aliphatic rings. The smallest absolute Gasteiger partial charge is 0.306 e. The molecule has 1 fully saturated rings. The minimum absolute atomic E-state index is 0.102. The first kappa shape index (κ1) is 14.5. The summed E-state index contributed by atoms with van der Waals surface area (Å²) < 4.78 is 5.61. The normalized spacial score (nSPS) is 26.9. The summed E-state index contributed by atoms with van der Waals surface area (Å²) >= 11 is 0. The minimum atomic E-state index is -0.775. The summed E-state index contributed by atoms with van der Waals surface area (Å²) in [6.45, 7) is 2.26. The molecule has 2 atom stereocenters. The van der Waals surface area contributed by atoms with Gasteiger partial charge >= 0.3 is 5.97 Å². The minimum Gasteiger partial charge on any atom is -0.481 e. The fourth-order valence-electron chi connectivity index (χ4n) is 3.62. The number of hydrogen-bond donors (Lipinski definition) is 1. The van der Waals surface area contributed by atoms with E-state index in [0.717, 1.165) is 25.9 Å². The maximum Gasteiger partial charge on any atom is 0.306 e. The second kappa shape index (κ2) is 6.58. The van der Waals surface area contributed by atoms with Crippen LogP contribution < -0.4 is 0 Å². The molecule has 3 rings (SSSR count). The molecule has 114 valence electrons. The van der Waals surface area contributed by atoms with Gasteiger partial charge in [-0.05, 0) is 30.4 Å². The fourth-order valence-corrected chi connectivity index (χ4v) is 3.62. The number of rotatable bonds is 3. The SMILES string of the molecule is O=C(O)CC1CN(C2CCCCc3ccccc32)CCO1. The molecule has 1 aromatic carbocycles. The summed E-state index contributed by atoms with van der Waals surface area (Å²) in [5.41, 5.74) is 2.90. The number of benzene rings is 1. The Kier molecular flexibility index (Phi) is 4.56. The molecule has 1 saturated heterocycles. The second-order valence-electron chi connectivity index (χ2n) is 6.05. The van der Waals surface area contributed by atoms with Crippen molar-refractivity contribution < 1.29 is 14.6 Å². The third-order valence-corrected chi connectivity index (χ3v) is 4.60. The first-order valence-corrected chi connectivity index (χ1v) is 7.89. The average molecular weight is 289 g/mol. The summed E-state index contributed by atoms with van der Waals surface area (Å²) in [4.78, 5) is 13.3. The van der Waals surface area contributed by atoms with Gasteiger partial charge in [-0.3, -0.25) is 9.69 Å². The van der Waals surface area contributed by atoms with E-state index in [1.165, 1.54) is 24.0 Å². The Balaban J connectivity index is 1.77. The molecule has 0 radical (unpaired) electrons. The monoisotopic (exact) mass is 289 g/mol. The summed E-state index contributed by atoms with van der Waals surface area (Å²) in [6.07, 6.45) is 4.74. The first-order chi connectivity index (χ1) is 10.2. The molecule has 21 heavy (non-hydrogen) atoms. The topological polar surface area (TPSA) is 49.8 Å². The lowest BCUT2D eigenvalue weighted by molar-refractivity contribution is -0.142. The Morgan fingerprint density at radius 1 is 1.33 bits per heavy atom. The molecule has 4 heteroatoms. The van der Waals surface area contributed by atoms with Crippen LogP contribution in [0.3, 0.4) is 0 Å². The van der Waals surface area contributed by atoms with Crippen LogP contribution >= 0.6 is 0 Å². The van der Waals surface area contributed by atoms with Crippen molar-refractivity contribution in [3.63, 3.8) is 0 Å². The van der Waals surface area contributed by atoms with E-state index in [0.29, 0.717) is 12.6 Å². The lowest BCUT2D eigenvalue weighted by Crippen LogP contribution is -2.45. The predicted octanol–water partition coefficient (Wildman–Crippen LogP) is 2.63. The quantitative estimate of drug-likeness (QED) is 0.869. The highest BCUT2D eigenvalue weighted by Crippen LogP contribution is 2.34. The number of carboxylic acids is 1. The van der Waals surface area contributed by atoms with E-state index in [2.05, 4.69) is 29.2 Å². The van der Waals surface area contributed by atoms with Gasteiger partial charge in [0.15, 0.2) is 0 Å². The zero-order valence-corrected chi connectivity index (χ0v) is 12.3. The van der Waals surface area contributed by atoms with Crippen molar-refractivity contribution in [2.45, 2.75) is 44.2 Å². The molecule has 0 spiro atoms. The van der Waals surface area contributed by atoms with Crippen LogP contribution in [0.25, 0.3) is 0 Å². The summed E-state index contributed by atoms with van der Waals surface area (Å²) in [6, 6.07) is 9.14. The number of fused-ring (bicyclic) bond motifs is 1. The van der Waals surface area contributed by atoms with E-state index in [1.54, 1.807) is 0 Å². The molecule has 4 nitrogen and oxygen atoms in total. The van der Waals surface area contributed by atoms with Gasteiger partial charge in [0.25, 0.3) is 0 Å². The molecule has 0 bridgehead atoms. The van der Waals surface area contributed by atoms with Gasteiger partial charge in [0.2, 0.25) is 0 Å². The molecule has 0 saturated carbocycles. The number of carbonyl (C=O) groups is 1. The molecule has 1 heterocycles. The number of nitrogens with zero attached hydrogens (tertiary/aromatic N) is 1. The number of carboxylic acid groups (broad SMARTS) is 1. The van der Waals surface area contributed by atoms with Gasteiger partial charge in [-0.2, -0.15) is 0 Å². The van der Waals surface area contributed by atoms with E-state index in [9.17, 15) is 4.79 Å². The van der Waals surface area contributed by atoms with Gasteiger partial charge in [0.1, 0.15) is 0 Å². The molecule has 1 N–H and O–H groups in total. The van der Waals surface area contributed by atoms with Crippen LogP contribution in [0.4, 0.5) is 0 Å². The largest absolute Gasteiger partial charge is 0.481 e. The highest BCUT2D eigenvalue weighted by Gasteiger charge is 2.30. The molecule has 0 aromatic heterocycles. The van der Waals surface area contributed by atoms with Crippen LogP contribution in [-0.4, -0.2) is 41.8 Å². The third-order valence-electron chi connectivity index (χ3n) is 4.60. The number of aryl methyl sites for hydroxylation is 1. The highest BCUT2D eigenvalue weighted by molar-refractivity contribution is 5.67. The Morgan fingerprint density at radius 3 is 3.05 bits per heavy atom. The summed E-state index contributed by atoms with van der Waals surface area (Å²) in [5, 5.41) is 8.97. The van der Waals surface area contributed by atoms with Crippen LogP contribution in [0.15, 0.2) is 24.3 Å². The van der Waals surface area contributed by atoms with Crippen LogP contribution in [0.2, 0.25) is 0 Å². The van der Waals surface area contributed by atoms with Gasteiger partial charge in [-0.1, -0.05) is 30.7 Å². The van der Waals surface area contributed by atoms with Crippen LogP contribution in [0.5, 0.6) is 0 Å². The van der Waals surface area contributed by atoms with Gasteiger partial charge in [0, 0.05) is 19.1 Å². The first-order valence-electron chi connectivity index (χ1n) is 7.89. The van der Waals surface area contributed by atoms with E-state index in [4.69, 9.17) is 9.84 Å². The van der Waals surface area contributed by atoms with Crippen molar-refractivity contribution in [3.8, 4) is 0 Å². The zero-order chi connectivity index (χ0) is 14.7. The fraction of sp³-hybridized carbons (Fsp3) is 0.588. The molecule has 1 aromatic rings. The van der Waals surface area contributed by atoms with E-state index < -0.39 is 5.97 Å². The van der Waals surface area contributed by atoms with Crippen LogP contribution in [0, 0.1) is 0 Å². The molecule has 1 aliphatic heterocycles. The Hall–Kier alpha value is -1.39. The molecule has 0 amide bonds. The number of hydrogen-bond acceptors (Lipinski definition) is 3. The summed E-state index contributed by atoms with van der Waals surface area (Å²) in [7, 11) is 0. The maximum atomic E-state index is 10.9.